The number of rotatable bonds is 4. The Labute approximate surface area is 159 Å². The van der Waals surface area contributed by atoms with Crippen molar-refractivity contribution in [1.82, 2.24) is 10.6 Å². The summed E-state index contributed by atoms with van der Waals surface area (Å²) in [6, 6.07) is 8.30. The van der Waals surface area contributed by atoms with E-state index in [1.807, 2.05) is 12.1 Å². The minimum atomic E-state index is -0.352. The lowest BCUT2D eigenvalue weighted by Gasteiger charge is -2.36. The molecular formula is C19H26BrClN2O. The molecule has 1 aromatic carbocycles. The number of carbonyl (C=O) groups excluding carboxylic acids is 1. The number of hydrogen-bond donors (Lipinski definition) is 2. The fourth-order valence-electron chi connectivity index (χ4n) is 3.78. The van der Waals surface area contributed by atoms with Gasteiger partial charge in [-0.1, -0.05) is 59.0 Å². The highest BCUT2D eigenvalue weighted by atomic mass is 79.9. The summed E-state index contributed by atoms with van der Waals surface area (Å²) in [4.78, 5) is 13.1. The largest absolute Gasteiger partial charge is 0.352 e. The molecule has 3 rings (SSSR count). The smallest absolute Gasteiger partial charge is 0.230 e. The van der Waals surface area contributed by atoms with Gasteiger partial charge in [0.2, 0.25) is 5.91 Å². The van der Waals surface area contributed by atoms with Crippen molar-refractivity contribution in [3.05, 3.63) is 46.0 Å². The number of nitrogens with one attached hydrogen (secondary N) is 2. The predicted octanol–water partition coefficient (Wildman–Crippen LogP) is 4.11. The van der Waals surface area contributed by atoms with Gasteiger partial charge in [0.05, 0.1) is 5.41 Å². The molecule has 24 heavy (non-hydrogen) atoms. The van der Waals surface area contributed by atoms with E-state index in [0.29, 0.717) is 6.54 Å². The molecule has 2 aliphatic rings. The Morgan fingerprint density at radius 2 is 2.04 bits per heavy atom. The molecule has 5 heteroatoms. The van der Waals surface area contributed by atoms with Crippen LogP contribution in [-0.4, -0.2) is 25.5 Å². The van der Waals surface area contributed by atoms with Gasteiger partial charge in [-0.3, -0.25) is 4.79 Å². The highest BCUT2D eigenvalue weighted by Gasteiger charge is 2.41. The van der Waals surface area contributed by atoms with E-state index in [1.54, 1.807) is 0 Å². The highest BCUT2D eigenvalue weighted by molar-refractivity contribution is 9.10. The summed E-state index contributed by atoms with van der Waals surface area (Å²) < 4.78 is 1.05. The molecule has 0 spiro atoms. The van der Waals surface area contributed by atoms with E-state index < -0.39 is 0 Å². The van der Waals surface area contributed by atoms with E-state index >= 15 is 0 Å². The van der Waals surface area contributed by atoms with Crippen LogP contribution in [0, 0.1) is 0 Å². The van der Waals surface area contributed by atoms with Crippen LogP contribution in [0.5, 0.6) is 0 Å². The van der Waals surface area contributed by atoms with Gasteiger partial charge >= 0.3 is 0 Å². The van der Waals surface area contributed by atoms with Crippen LogP contribution in [0.15, 0.2) is 40.4 Å². The molecule has 0 radical (unpaired) electrons. The first-order chi connectivity index (χ1) is 11.2. The van der Waals surface area contributed by atoms with E-state index in [9.17, 15) is 4.79 Å². The maximum absolute atomic E-state index is 13.1. The number of benzene rings is 1. The predicted molar refractivity (Wildman–Crippen MR) is 105 cm³/mol. The summed E-state index contributed by atoms with van der Waals surface area (Å²) in [5.74, 6) is 0.203. The van der Waals surface area contributed by atoms with Gasteiger partial charge in [0.25, 0.3) is 0 Å². The van der Waals surface area contributed by atoms with Crippen LogP contribution in [0.25, 0.3) is 0 Å². The van der Waals surface area contributed by atoms with Gasteiger partial charge in [-0.05, 0) is 43.5 Å². The van der Waals surface area contributed by atoms with Crippen molar-refractivity contribution in [2.45, 2.75) is 43.9 Å². The molecule has 0 unspecified atom stereocenters. The van der Waals surface area contributed by atoms with E-state index in [1.165, 1.54) is 12.0 Å². The quantitative estimate of drug-likeness (QED) is 0.729. The first kappa shape index (κ1) is 19.5. The fraction of sp³-hybridized carbons (Fsp3) is 0.526. The van der Waals surface area contributed by atoms with Crippen molar-refractivity contribution in [2.24, 2.45) is 0 Å². The van der Waals surface area contributed by atoms with Gasteiger partial charge in [-0.15, -0.1) is 12.4 Å². The van der Waals surface area contributed by atoms with E-state index in [0.717, 1.165) is 55.2 Å². The minimum absolute atomic E-state index is 0. The van der Waals surface area contributed by atoms with Crippen molar-refractivity contribution in [1.29, 1.82) is 0 Å². The third kappa shape index (κ3) is 4.41. The SMILES string of the molecule is Cl.O=C(NCC1=CCNCC1)C1(c2cccc(Br)c2)CCCCC1. The van der Waals surface area contributed by atoms with E-state index in [4.69, 9.17) is 0 Å². The second-order valence-electron chi connectivity index (χ2n) is 6.65. The van der Waals surface area contributed by atoms with Crippen LogP contribution in [0.4, 0.5) is 0 Å². The maximum atomic E-state index is 13.1. The number of halogens is 2. The molecule has 132 valence electrons. The fourth-order valence-corrected chi connectivity index (χ4v) is 4.18. The lowest BCUT2D eigenvalue weighted by atomic mass is 9.68. The number of carbonyl (C=O) groups is 1. The van der Waals surface area contributed by atoms with Gasteiger partial charge in [0.1, 0.15) is 0 Å². The van der Waals surface area contributed by atoms with Gasteiger partial charge in [-0.25, -0.2) is 0 Å². The lowest BCUT2D eigenvalue weighted by Crippen LogP contribution is -2.46. The Bertz CT molecular complexity index is 597. The van der Waals surface area contributed by atoms with Gasteiger partial charge in [0.15, 0.2) is 0 Å². The lowest BCUT2D eigenvalue weighted by molar-refractivity contribution is -0.127. The average molecular weight is 414 g/mol. The molecule has 0 aromatic heterocycles. The summed E-state index contributed by atoms with van der Waals surface area (Å²) >= 11 is 3.56. The third-order valence-corrected chi connectivity index (χ3v) is 5.65. The first-order valence-electron chi connectivity index (χ1n) is 8.64. The zero-order chi connectivity index (χ0) is 16.1. The Morgan fingerprint density at radius 3 is 2.71 bits per heavy atom. The molecule has 1 fully saturated rings. The van der Waals surface area contributed by atoms with E-state index in [2.05, 4.69) is 44.8 Å². The van der Waals surface area contributed by atoms with Crippen molar-refractivity contribution < 1.29 is 4.79 Å². The molecule has 1 saturated carbocycles. The zero-order valence-electron chi connectivity index (χ0n) is 13.9. The Morgan fingerprint density at radius 1 is 1.25 bits per heavy atom. The summed E-state index contributed by atoms with van der Waals surface area (Å²) in [5, 5.41) is 6.54. The first-order valence-corrected chi connectivity index (χ1v) is 9.43. The topological polar surface area (TPSA) is 41.1 Å². The molecule has 3 nitrogen and oxygen atoms in total. The zero-order valence-corrected chi connectivity index (χ0v) is 16.3. The maximum Gasteiger partial charge on any atom is 0.230 e. The van der Waals surface area contributed by atoms with Gasteiger partial charge < -0.3 is 10.6 Å². The van der Waals surface area contributed by atoms with Crippen molar-refractivity contribution in [3.8, 4) is 0 Å². The summed E-state index contributed by atoms with van der Waals surface area (Å²) in [5.41, 5.74) is 2.15. The second-order valence-corrected chi connectivity index (χ2v) is 7.57. The Kier molecular flexibility index (Phi) is 7.33. The molecule has 0 saturated heterocycles. The van der Waals surface area contributed by atoms with Crippen LogP contribution in [0.3, 0.4) is 0 Å². The highest BCUT2D eigenvalue weighted by Crippen LogP contribution is 2.40. The molecule has 0 bridgehead atoms. The summed E-state index contributed by atoms with van der Waals surface area (Å²) in [6.07, 6.45) is 8.64. The summed E-state index contributed by atoms with van der Waals surface area (Å²) in [6.45, 7) is 2.62. The molecule has 1 aliphatic heterocycles. The standard InChI is InChI=1S/C19H25BrN2O.ClH/c20-17-6-4-5-16(13-17)19(9-2-1-3-10-19)18(23)22-14-15-7-11-21-12-8-15;/h4-7,13,21H,1-3,8-12,14H2,(H,22,23);1H. The number of hydrogen-bond acceptors (Lipinski definition) is 2. The molecule has 2 N–H and O–H groups in total. The molecule has 1 aromatic rings. The normalized spacial score (nSPS) is 19.8. The van der Waals surface area contributed by atoms with Crippen molar-refractivity contribution in [3.63, 3.8) is 0 Å². The molecule has 1 amide bonds. The van der Waals surface area contributed by atoms with E-state index in [-0.39, 0.29) is 23.7 Å². The van der Waals surface area contributed by atoms with Crippen LogP contribution in [0.1, 0.15) is 44.1 Å². The van der Waals surface area contributed by atoms with Gasteiger partial charge in [-0.2, -0.15) is 0 Å². The second kappa shape index (κ2) is 9.02. The van der Waals surface area contributed by atoms with Crippen molar-refractivity contribution >= 4 is 34.2 Å². The Balaban J connectivity index is 0.00000208. The summed E-state index contributed by atoms with van der Waals surface area (Å²) in [7, 11) is 0. The van der Waals surface area contributed by atoms with Gasteiger partial charge in [0, 0.05) is 17.6 Å². The molecular weight excluding hydrogens is 388 g/mol. The molecule has 1 aliphatic carbocycles. The molecule has 1 heterocycles. The molecule has 0 atom stereocenters. The minimum Gasteiger partial charge on any atom is -0.352 e. The Hall–Kier alpha value is -0.840. The van der Waals surface area contributed by atoms with Crippen LogP contribution >= 0.6 is 28.3 Å². The monoisotopic (exact) mass is 412 g/mol. The third-order valence-electron chi connectivity index (χ3n) is 5.15. The van der Waals surface area contributed by atoms with Crippen LogP contribution in [0.2, 0.25) is 0 Å². The van der Waals surface area contributed by atoms with Crippen LogP contribution < -0.4 is 10.6 Å². The van der Waals surface area contributed by atoms with Crippen LogP contribution in [-0.2, 0) is 10.2 Å². The number of amides is 1. The van der Waals surface area contributed by atoms with Crippen molar-refractivity contribution in [2.75, 3.05) is 19.6 Å². The average Bonchev–Trinajstić information content (AvgIpc) is 2.61.